The maximum atomic E-state index is 5.88. The van der Waals surface area contributed by atoms with Gasteiger partial charge in [0.25, 0.3) is 0 Å². The second kappa shape index (κ2) is 4.90. The quantitative estimate of drug-likeness (QED) is 0.651. The molecule has 0 aliphatic carbocycles. The molecule has 1 aromatic carbocycles. The van der Waals surface area contributed by atoms with Crippen LogP contribution in [0.5, 0.6) is 0 Å². The molecule has 4 heteroatoms. The van der Waals surface area contributed by atoms with E-state index in [1.54, 1.807) is 11.3 Å². The zero-order chi connectivity index (χ0) is 11.4. The smallest absolute Gasteiger partial charge is 0.125 e. The third-order valence-corrected chi connectivity index (χ3v) is 3.04. The maximum absolute atomic E-state index is 5.88. The molecule has 16 heavy (non-hydrogen) atoms. The summed E-state index contributed by atoms with van der Waals surface area (Å²) in [5.74, 6) is 0.576. The van der Waals surface area contributed by atoms with Crippen molar-refractivity contribution in [2.24, 2.45) is 10.7 Å². The van der Waals surface area contributed by atoms with Crippen LogP contribution >= 0.6 is 11.3 Å². The summed E-state index contributed by atoms with van der Waals surface area (Å²) in [4.78, 5) is 9.65. The SMILES string of the molecule is Cc1ncc(CN=C(N)c2ccccc2)s1. The Morgan fingerprint density at radius 1 is 1.38 bits per heavy atom. The van der Waals surface area contributed by atoms with Gasteiger partial charge in [-0.2, -0.15) is 0 Å². The number of amidine groups is 1. The fourth-order valence-electron chi connectivity index (χ4n) is 1.34. The van der Waals surface area contributed by atoms with Gasteiger partial charge in [0.05, 0.1) is 11.6 Å². The Morgan fingerprint density at radius 3 is 2.75 bits per heavy atom. The van der Waals surface area contributed by atoms with Crippen molar-refractivity contribution < 1.29 is 0 Å². The van der Waals surface area contributed by atoms with Crippen molar-refractivity contribution in [1.29, 1.82) is 0 Å². The molecule has 0 saturated heterocycles. The van der Waals surface area contributed by atoms with Crippen LogP contribution in [0.1, 0.15) is 15.4 Å². The Morgan fingerprint density at radius 2 is 2.12 bits per heavy atom. The fraction of sp³-hybridized carbons (Fsp3) is 0.167. The van der Waals surface area contributed by atoms with Gasteiger partial charge in [-0.05, 0) is 6.92 Å². The van der Waals surface area contributed by atoms with Crippen LogP contribution in [0.15, 0.2) is 41.5 Å². The fourth-order valence-corrected chi connectivity index (χ4v) is 2.06. The van der Waals surface area contributed by atoms with Gasteiger partial charge < -0.3 is 5.73 Å². The molecule has 2 aromatic rings. The molecular formula is C12H13N3S. The van der Waals surface area contributed by atoms with Gasteiger partial charge >= 0.3 is 0 Å². The van der Waals surface area contributed by atoms with Gasteiger partial charge in [0.2, 0.25) is 0 Å². The summed E-state index contributed by atoms with van der Waals surface area (Å²) in [6.07, 6.45) is 1.85. The van der Waals surface area contributed by atoms with Crippen molar-refractivity contribution in [1.82, 2.24) is 4.98 Å². The highest BCUT2D eigenvalue weighted by Crippen LogP contribution is 2.12. The van der Waals surface area contributed by atoms with Gasteiger partial charge in [-0.3, -0.25) is 4.99 Å². The van der Waals surface area contributed by atoms with E-state index in [9.17, 15) is 0 Å². The van der Waals surface area contributed by atoms with Crippen molar-refractivity contribution in [3.63, 3.8) is 0 Å². The summed E-state index contributed by atoms with van der Waals surface area (Å²) in [5.41, 5.74) is 6.85. The molecule has 0 aliphatic rings. The molecule has 0 atom stereocenters. The summed E-state index contributed by atoms with van der Waals surface area (Å²) in [7, 11) is 0. The lowest BCUT2D eigenvalue weighted by atomic mass is 10.2. The number of aliphatic imine (C=N–C) groups is 1. The van der Waals surface area contributed by atoms with E-state index < -0.39 is 0 Å². The first-order valence-corrected chi connectivity index (χ1v) is 5.84. The third-order valence-electron chi connectivity index (χ3n) is 2.14. The first kappa shape index (κ1) is 10.8. The Kier molecular flexibility index (Phi) is 3.31. The molecule has 82 valence electrons. The predicted molar refractivity (Wildman–Crippen MR) is 67.7 cm³/mol. The minimum atomic E-state index is 0.576. The normalized spacial score (nSPS) is 11.7. The highest BCUT2D eigenvalue weighted by Gasteiger charge is 1.99. The highest BCUT2D eigenvalue weighted by atomic mass is 32.1. The zero-order valence-corrected chi connectivity index (χ0v) is 9.87. The number of thiazole rings is 1. The van der Waals surface area contributed by atoms with Gasteiger partial charge in [-0.25, -0.2) is 4.98 Å². The minimum Gasteiger partial charge on any atom is -0.383 e. The molecule has 3 nitrogen and oxygen atoms in total. The first-order chi connectivity index (χ1) is 7.75. The van der Waals surface area contributed by atoms with E-state index in [1.807, 2.05) is 43.5 Å². The highest BCUT2D eigenvalue weighted by molar-refractivity contribution is 7.11. The number of aryl methyl sites for hydroxylation is 1. The topological polar surface area (TPSA) is 51.3 Å². The average molecular weight is 231 g/mol. The molecule has 0 radical (unpaired) electrons. The number of hydrogen-bond donors (Lipinski definition) is 1. The van der Waals surface area contributed by atoms with Crippen LogP contribution in [0.3, 0.4) is 0 Å². The van der Waals surface area contributed by atoms with Gasteiger partial charge in [0, 0.05) is 16.6 Å². The van der Waals surface area contributed by atoms with Gasteiger partial charge in [-0.15, -0.1) is 11.3 Å². The zero-order valence-electron chi connectivity index (χ0n) is 9.05. The lowest BCUT2D eigenvalue weighted by molar-refractivity contribution is 1.08. The molecule has 0 spiro atoms. The van der Waals surface area contributed by atoms with E-state index in [1.165, 1.54) is 0 Å². The molecule has 1 aromatic heterocycles. The van der Waals surface area contributed by atoms with Crippen LogP contribution in [-0.2, 0) is 6.54 Å². The van der Waals surface area contributed by atoms with Gasteiger partial charge in [0.15, 0.2) is 0 Å². The molecule has 0 amide bonds. The predicted octanol–water partition coefficient (Wildman–Crippen LogP) is 2.36. The number of aromatic nitrogens is 1. The number of nitrogens with two attached hydrogens (primary N) is 1. The molecule has 0 bridgehead atoms. The second-order valence-corrected chi connectivity index (χ2v) is 4.73. The summed E-state index contributed by atoms with van der Waals surface area (Å²) in [6.45, 7) is 2.59. The van der Waals surface area contributed by atoms with Crippen molar-refractivity contribution in [3.8, 4) is 0 Å². The number of nitrogens with zero attached hydrogens (tertiary/aromatic N) is 2. The van der Waals surface area contributed by atoms with Crippen molar-refractivity contribution >= 4 is 17.2 Å². The van der Waals surface area contributed by atoms with Crippen molar-refractivity contribution in [2.45, 2.75) is 13.5 Å². The summed E-state index contributed by atoms with van der Waals surface area (Å²) >= 11 is 1.65. The molecular weight excluding hydrogens is 218 g/mol. The van der Waals surface area contributed by atoms with Crippen molar-refractivity contribution in [2.75, 3.05) is 0 Å². The number of rotatable bonds is 3. The molecule has 0 unspecified atom stereocenters. The number of hydrogen-bond acceptors (Lipinski definition) is 3. The molecule has 0 fully saturated rings. The van der Waals surface area contributed by atoms with Gasteiger partial charge in [-0.1, -0.05) is 30.3 Å². The number of benzene rings is 1. The van der Waals surface area contributed by atoms with E-state index in [0.29, 0.717) is 12.4 Å². The lowest BCUT2D eigenvalue weighted by Crippen LogP contribution is -2.13. The van der Waals surface area contributed by atoms with Crippen LogP contribution < -0.4 is 5.73 Å². The maximum Gasteiger partial charge on any atom is 0.125 e. The Bertz CT molecular complexity index is 488. The molecule has 2 rings (SSSR count). The van der Waals surface area contributed by atoms with Crippen LogP contribution in [0, 0.1) is 6.92 Å². The Labute approximate surface area is 98.7 Å². The second-order valence-electron chi connectivity index (χ2n) is 3.41. The molecule has 0 aliphatic heterocycles. The summed E-state index contributed by atoms with van der Waals surface area (Å²) in [5, 5.41) is 1.06. The van der Waals surface area contributed by atoms with Crippen LogP contribution in [0.25, 0.3) is 0 Å². The van der Waals surface area contributed by atoms with Crippen LogP contribution in [-0.4, -0.2) is 10.8 Å². The standard InChI is InChI=1S/C12H13N3S/c1-9-14-7-11(16-9)8-15-12(13)10-5-3-2-4-6-10/h2-7H,8H2,1H3,(H2,13,15). The van der Waals surface area contributed by atoms with Crippen LogP contribution in [0.2, 0.25) is 0 Å². The monoisotopic (exact) mass is 231 g/mol. The molecule has 0 saturated carbocycles. The van der Waals surface area contributed by atoms with Crippen molar-refractivity contribution in [3.05, 3.63) is 52.0 Å². The largest absolute Gasteiger partial charge is 0.383 e. The third kappa shape index (κ3) is 2.67. The summed E-state index contributed by atoms with van der Waals surface area (Å²) in [6, 6.07) is 9.78. The van der Waals surface area contributed by atoms with E-state index in [2.05, 4.69) is 9.98 Å². The van der Waals surface area contributed by atoms with Gasteiger partial charge in [0.1, 0.15) is 5.84 Å². The Balaban J connectivity index is 2.08. The van der Waals surface area contributed by atoms with E-state index in [0.717, 1.165) is 15.4 Å². The van der Waals surface area contributed by atoms with E-state index in [4.69, 9.17) is 5.73 Å². The Hall–Kier alpha value is -1.68. The lowest BCUT2D eigenvalue weighted by Gasteiger charge is -1.99. The average Bonchev–Trinajstić information content (AvgIpc) is 2.73. The molecule has 1 heterocycles. The minimum absolute atomic E-state index is 0.576. The molecule has 2 N–H and O–H groups in total. The first-order valence-electron chi connectivity index (χ1n) is 5.02. The van der Waals surface area contributed by atoms with E-state index >= 15 is 0 Å². The summed E-state index contributed by atoms with van der Waals surface area (Å²) < 4.78 is 0. The van der Waals surface area contributed by atoms with E-state index in [-0.39, 0.29) is 0 Å². The van der Waals surface area contributed by atoms with Crippen LogP contribution in [0.4, 0.5) is 0 Å².